The van der Waals surface area contributed by atoms with E-state index in [1.54, 1.807) is 25.2 Å². The third-order valence-corrected chi connectivity index (χ3v) is 4.96. The van der Waals surface area contributed by atoms with E-state index >= 15 is 0 Å². The van der Waals surface area contributed by atoms with E-state index < -0.39 is 0 Å². The summed E-state index contributed by atoms with van der Waals surface area (Å²) in [5.74, 6) is 2.17. The largest absolute Gasteiger partial charge is 0.493 e. The van der Waals surface area contributed by atoms with E-state index in [9.17, 15) is 4.79 Å². The molecule has 3 rings (SSSR count). The highest BCUT2D eigenvalue weighted by Gasteiger charge is 2.21. The number of fused-ring (bicyclic) bond motifs is 1. The molecule has 1 amide bonds. The second kappa shape index (κ2) is 8.24. The first-order chi connectivity index (χ1) is 13.1. The topological polar surface area (TPSA) is 67.8 Å². The maximum atomic E-state index is 12.4. The summed E-state index contributed by atoms with van der Waals surface area (Å²) in [5, 5.41) is 8.46. The summed E-state index contributed by atoms with van der Waals surface area (Å²) in [6.07, 6.45) is 0.886. The van der Waals surface area contributed by atoms with Crippen molar-refractivity contribution in [1.82, 2.24) is 15.1 Å². The standard InChI is InChI=1S/C20H26N4O3/c1-5-23(6-2)20(25)16-7-8-19(22-21-16)24-10-9-14-11-17(26-3)18(27-4)12-15(14)13-24/h7-8,11-12H,5-6,9-10,13H2,1-4H3. The van der Waals surface area contributed by atoms with Crippen molar-refractivity contribution in [3.8, 4) is 11.5 Å². The average Bonchev–Trinajstić information content (AvgIpc) is 2.73. The second-order valence-electron chi connectivity index (χ2n) is 6.40. The summed E-state index contributed by atoms with van der Waals surface area (Å²) in [4.78, 5) is 16.3. The van der Waals surface area contributed by atoms with Crippen LogP contribution in [0.25, 0.3) is 0 Å². The maximum Gasteiger partial charge on any atom is 0.274 e. The zero-order valence-corrected chi connectivity index (χ0v) is 16.4. The van der Waals surface area contributed by atoms with E-state index in [1.807, 2.05) is 32.0 Å². The first kappa shape index (κ1) is 18.9. The number of anilines is 1. The molecule has 0 unspecified atom stereocenters. The second-order valence-corrected chi connectivity index (χ2v) is 6.40. The molecule has 2 aromatic rings. The molecule has 1 aliphatic rings. The van der Waals surface area contributed by atoms with E-state index in [0.29, 0.717) is 25.3 Å². The lowest BCUT2D eigenvalue weighted by Gasteiger charge is -2.30. The quantitative estimate of drug-likeness (QED) is 0.778. The number of amides is 1. The van der Waals surface area contributed by atoms with Crippen LogP contribution in [0.5, 0.6) is 11.5 Å². The van der Waals surface area contributed by atoms with Crippen molar-refractivity contribution in [3.63, 3.8) is 0 Å². The molecule has 2 heterocycles. The Balaban J connectivity index is 1.78. The highest BCUT2D eigenvalue weighted by atomic mass is 16.5. The number of hydrogen-bond acceptors (Lipinski definition) is 6. The van der Waals surface area contributed by atoms with Gasteiger partial charge in [-0.15, -0.1) is 10.2 Å². The summed E-state index contributed by atoms with van der Waals surface area (Å²) < 4.78 is 10.8. The molecule has 0 saturated heterocycles. The van der Waals surface area contributed by atoms with Gasteiger partial charge in [-0.2, -0.15) is 0 Å². The summed E-state index contributed by atoms with van der Waals surface area (Å²) in [5.41, 5.74) is 2.82. The van der Waals surface area contributed by atoms with Crippen molar-refractivity contribution in [2.24, 2.45) is 0 Å². The van der Waals surface area contributed by atoms with Crippen molar-refractivity contribution >= 4 is 11.7 Å². The highest BCUT2D eigenvalue weighted by Crippen LogP contribution is 2.34. The van der Waals surface area contributed by atoms with Gasteiger partial charge in [-0.3, -0.25) is 4.79 Å². The number of hydrogen-bond donors (Lipinski definition) is 0. The molecule has 7 nitrogen and oxygen atoms in total. The summed E-state index contributed by atoms with van der Waals surface area (Å²) in [7, 11) is 3.29. The van der Waals surface area contributed by atoms with Crippen LogP contribution in [0.15, 0.2) is 24.3 Å². The molecule has 0 atom stereocenters. The Kier molecular flexibility index (Phi) is 5.78. The monoisotopic (exact) mass is 370 g/mol. The molecule has 27 heavy (non-hydrogen) atoms. The van der Waals surface area contributed by atoms with Crippen molar-refractivity contribution in [3.05, 3.63) is 41.1 Å². The van der Waals surface area contributed by atoms with E-state index in [2.05, 4.69) is 15.1 Å². The van der Waals surface area contributed by atoms with Crippen LogP contribution >= 0.6 is 0 Å². The lowest BCUT2D eigenvalue weighted by Crippen LogP contribution is -2.33. The lowest BCUT2D eigenvalue weighted by molar-refractivity contribution is 0.0766. The van der Waals surface area contributed by atoms with Crippen molar-refractivity contribution in [2.75, 3.05) is 38.8 Å². The number of carbonyl (C=O) groups excluding carboxylic acids is 1. The van der Waals surface area contributed by atoms with Crippen LogP contribution in [-0.4, -0.2) is 54.9 Å². The highest BCUT2D eigenvalue weighted by molar-refractivity contribution is 5.92. The zero-order chi connectivity index (χ0) is 19.4. The molecule has 7 heteroatoms. The van der Waals surface area contributed by atoms with Gasteiger partial charge in [-0.05, 0) is 55.7 Å². The first-order valence-corrected chi connectivity index (χ1v) is 9.22. The van der Waals surface area contributed by atoms with Crippen LogP contribution in [0.2, 0.25) is 0 Å². The van der Waals surface area contributed by atoms with Crippen LogP contribution in [-0.2, 0) is 13.0 Å². The van der Waals surface area contributed by atoms with Gasteiger partial charge in [0.1, 0.15) is 0 Å². The minimum Gasteiger partial charge on any atom is -0.493 e. The average molecular weight is 370 g/mol. The zero-order valence-electron chi connectivity index (χ0n) is 16.4. The number of benzene rings is 1. The summed E-state index contributed by atoms with van der Waals surface area (Å²) >= 11 is 0. The van der Waals surface area contributed by atoms with Gasteiger partial charge in [0.15, 0.2) is 23.0 Å². The predicted octanol–water partition coefficient (Wildman–Crippen LogP) is 2.54. The molecule has 144 valence electrons. The molecule has 0 N–H and O–H groups in total. The van der Waals surface area contributed by atoms with E-state index in [4.69, 9.17) is 9.47 Å². The van der Waals surface area contributed by atoms with E-state index in [-0.39, 0.29) is 5.91 Å². The molecule has 0 radical (unpaired) electrons. The Morgan fingerprint density at radius 2 is 1.74 bits per heavy atom. The Morgan fingerprint density at radius 1 is 1.07 bits per heavy atom. The number of nitrogens with zero attached hydrogens (tertiary/aromatic N) is 4. The molecule has 0 fully saturated rings. The fourth-order valence-electron chi connectivity index (χ4n) is 3.36. The van der Waals surface area contributed by atoms with E-state index in [1.165, 1.54) is 11.1 Å². The normalized spacial score (nSPS) is 13.1. The van der Waals surface area contributed by atoms with Gasteiger partial charge in [0.25, 0.3) is 5.91 Å². The number of aromatic nitrogens is 2. The molecule has 0 bridgehead atoms. The maximum absolute atomic E-state index is 12.4. The minimum absolute atomic E-state index is 0.0835. The molecular formula is C20H26N4O3. The van der Waals surface area contributed by atoms with Gasteiger partial charge in [-0.25, -0.2) is 0 Å². The van der Waals surface area contributed by atoms with Crippen molar-refractivity contribution < 1.29 is 14.3 Å². The number of rotatable bonds is 6. The van der Waals surface area contributed by atoms with E-state index in [0.717, 1.165) is 30.3 Å². The molecule has 0 saturated carbocycles. The number of ether oxygens (including phenoxy) is 2. The fraction of sp³-hybridized carbons (Fsp3) is 0.450. The SMILES string of the molecule is CCN(CC)C(=O)c1ccc(N2CCc3cc(OC)c(OC)cc3C2)nn1. The minimum atomic E-state index is -0.0835. The molecule has 1 aliphatic heterocycles. The molecule has 0 aliphatic carbocycles. The Morgan fingerprint density at radius 3 is 2.30 bits per heavy atom. The lowest BCUT2D eigenvalue weighted by atomic mass is 9.99. The summed E-state index contributed by atoms with van der Waals surface area (Å²) in [6, 6.07) is 7.69. The molecular weight excluding hydrogens is 344 g/mol. The first-order valence-electron chi connectivity index (χ1n) is 9.22. The fourth-order valence-corrected chi connectivity index (χ4v) is 3.36. The van der Waals surface area contributed by atoms with Gasteiger partial charge in [0.2, 0.25) is 0 Å². The Bertz CT molecular complexity index is 804. The van der Waals surface area contributed by atoms with Gasteiger partial charge in [-0.1, -0.05) is 0 Å². The van der Waals surface area contributed by atoms with Crippen LogP contribution in [0.4, 0.5) is 5.82 Å². The van der Waals surface area contributed by atoms with Crippen LogP contribution in [0.1, 0.15) is 35.5 Å². The molecule has 1 aromatic carbocycles. The van der Waals surface area contributed by atoms with Crippen LogP contribution in [0.3, 0.4) is 0 Å². The van der Waals surface area contributed by atoms with Gasteiger partial charge < -0.3 is 19.3 Å². The van der Waals surface area contributed by atoms with Crippen LogP contribution in [0, 0.1) is 0 Å². The van der Waals surface area contributed by atoms with Gasteiger partial charge in [0.05, 0.1) is 14.2 Å². The summed E-state index contributed by atoms with van der Waals surface area (Å²) in [6.45, 7) is 6.78. The molecule has 0 spiro atoms. The molecule has 1 aromatic heterocycles. The Hall–Kier alpha value is -2.83. The van der Waals surface area contributed by atoms with Gasteiger partial charge in [0, 0.05) is 26.2 Å². The van der Waals surface area contributed by atoms with Crippen LogP contribution < -0.4 is 14.4 Å². The Labute approximate surface area is 159 Å². The van der Waals surface area contributed by atoms with Crippen molar-refractivity contribution in [1.29, 1.82) is 0 Å². The van der Waals surface area contributed by atoms with Crippen molar-refractivity contribution in [2.45, 2.75) is 26.8 Å². The third kappa shape index (κ3) is 3.82. The predicted molar refractivity (Wildman–Crippen MR) is 104 cm³/mol. The number of carbonyl (C=O) groups is 1. The third-order valence-electron chi connectivity index (χ3n) is 4.96. The number of methoxy groups -OCH3 is 2. The van der Waals surface area contributed by atoms with Gasteiger partial charge >= 0.3 is 0 Å². The smallest absolute Gasteiger partial charge is 0.274 e.